The highest BCUT2D eigenvalue weighted by atomic mass is 16.2. The highest BCUT2D eigenvalue weighted by Gasteiger charge is 2.47. The molecule has 3 fully saturated rings. The molecule has 16 heteroatoms. The van der Waals surface area contributed by atoms with Gasteiger partial charge in [0, 0.05) is 87.3 Å². The lowest BCUT2D eigenvalue weighted by molar-refractivity contribution is -0.136. The topological polar surface area (TPSA) is 171 Å². The number of hydrogen-bond acceptors (Lipinski definition) is 12. The number of nitrogens with zero attached hydrogens (tertiary/aromatic N) is 9. The lowest BCUT2D eigenvalue weighted by atomic mass is 9.95. The smallest absolute Gasteiger partial charge is 0.278 e. The second kappa shape index (κ2) is 15.4. The predicted molar refractivity (Wildman–Crippen MR) is 230 cm³/mol. The van der Waals surface area contributed by atoms with Gasteiger partial charge in [0.05, 0.1) is 23.4 Å². The van der Waals surface area contributed by atoms with Gasteiger partial charge in [0.25, 0.3) is 17.4 Å². The van der Waals surface area contributed by atoms with E-state index in [0.717, 1.165) is 92.7 Å². The Kier molecular flexibility index (Phi) is 9.73. The van der Waals surface area contributed by atoms with Crippen molar-refractivity contribution in [3.63, 3.8) is 0 Å². The Balaban J connectivity index is 0.755. The molecule has 3 saturated heterocycles. The van der Waals surface area contributed by atoms with Crippen LogP contribution in [0.5, 0.6) is 0 Å². The van der Waals surface area contributed by atoms with E-state index in [4.69, 9.17) is 9.97 Å². The Morgan fingerprint density at radius 3 is 2.44 bits per heavy atom. The zero-order valence-corrected chi connectivity index (χ0v) is 34.0. The van der Waals surface area contributed by atoms with Crippen molar-refractivity contribution in [2.75, 3.05) is 60.9 Å². The van der Waals surface area contributed by atoms with Gasteiger partial charge in [-0.1, -0.05) is 25.1 Å². The van der Waals surface area contributed by atoms with Crippen LogP contribution in [0.2, 0.25) is 0 Å². The summed E-state index contributed by atoms with van der Waals surface area (Å²) in [6.07, 6.45) is 6.63. The van der Waals surface area contributed by atoms with Crippen molar-refractivity contribution in [1.82, 2.24) is 39.4 Å². The largest absolute Gasteiger partial charge is 0.370 e. The van der Waals surface area contributed by atoms with E-state index in [1.54, 1.807) is 33.8 Å². The summed E-state index contributed by atoms with van der Waals surface area (Å²) < 4.78 is 3.40. The summed E-state index contributed by atoms with van der Waals surface area (Å²) in [6.45, 7) is 12.5. The molecule has 0 saturated carbocycles. The van der Waals surface area contributed by atoms with E-state index in [0.29, 0.717) is 52.3 Å². The van der Waals surface area contributed by atoms with Crippen molar-refractivity contribution >= 4 is 57.7 Å². The number of carbonyl (C=O) groups is 4. The van der Waals surface area contributed by atoms with Crippen LogP contribution in [0, 0.1) is 5.92 Å². The Hall–Kier alpha value is -6.68. The Morgan fingerprint density at radius 2 is 1.69 bits per heavy atom. The maximum atomic E-state index is 13.6. The summed E-state index contributed by atoms with van der Waals surface area (Å²) in [5.74, 6) is -0.0930. The average Bonchev–Trinajstić information content (AvgIpc) is 3.88. The van der Waals surface area contributed by atoms with Gasteiger partial charge in [0.1, 0.15) is 11.4 Å². The fraction of sp³-hybridized carbons (Fsp3) is 0.378. The number of hydrogen-bond donors (Lipinski definition) is 2. The summed E-state index contributed by atoms with van der Waals surface area (Å²) in [7, 11) is 0. The zero-order chi connectivity index (χ0) is 41.9. The third kappa shape index (κ3) is 6.74. The lowest BCUT2D eigenvalue weighted by Crippen LogP contribution is -2.55. The van der Waals surface area contributed by atoms with Crippen molar-refractivity contribution in [2.45, 2.75) is 57.5 Å². The number of amides is 4. The van der Waals surface area contributed by atoms with Gasteiger partial charge in [0.2, 0.25) is 17.8 Å². The Bertz CT molecular complexity index is 2680. The summed E-state index contributed by atoms with van der Waals surface area (Å²) in [5, 5.41) is 6.01. The first kappa shape index (κ1) is 38.5. The maximum Gasteiger partial charge on any atom is 0.278 e. The number of rotatable bonds is 11. The predicted octanol–water partition coefficient (Wildman–Crippen LogP) is 4.01. The van der Waals surface area contributed by atoms with E-state index < -0.39 is 29.7 Å². The second-order valence-electron chi connectivity index (χ2n) is 16.7. The quantitative estimate of drug-likeness (QED) is 0.145. The van der Waals surface area contributed by atoms with Gasteiger partial charge in [-0.05, 0) is 73.7 Å². The Morgan fingerprint density at radius 1 is 0.885 bits per heavy atom. The monoisotopic (exact) mass is 821 g/mol. The molecule has 4 aliphatic heterocycles. The Labute approximate surface area is 351 Å². The number of benzene rings is 2. The van der Waals surface area contributed by atoms with E-state index >= 15 is 0 Å². The van der Waals surface area contributed by atoms with Crippen LogP contribution >= 0.6 is 0 Å². The number of pyridine rings is 1. The van der Waals surface area contributed by atoms with Crippen LogP contribution in [0.4, 0.5) is 23.0 Å². The molecule has 0 spiro atoms. The van der Waals surface area contributed by atoms with Crippen molar-refractivity contribution in [3.05, 3.63) is 106 Å². The fourth-order valence-corrected chi connectivity index (χ4v) is 9.73. The second-order valence-corrected chi connectivity index (χ2v) is 16.7. The highest BCUT2D eigenvalue weighted by Crippen LogP contribution is 2.38. The van der Waals surface area contributed by atoms with Gasteiger partial charge in [-0.25, -0.2) is 19.3 Å². The molecule has 2 aromatic carbocycles. The van der Waals surface area contributed by atoms with E-state index in [-0.39, 0.29) is 18.4 Å². The molecule has 7 heterocycles. The average molecular weight is 822 g/mol. The number of piperidine rings is 1. The van der Waals surface area contributed by atoms with Crippen molar-refractivity contribution < 1.29 is 19.2 Å². The molecule has 61 heavy (non-hydrogen) atoms. The first-order valence-electron chi connectivity index (χ1n) is 21.2. The van der Waals surface area contributed by atoms with Gasteiger partial charge in [-0.2, -0.15) is 4.98 Å². The fourth-order valence-electron chi connectivity index (χ4n) is 9.73. The molecule has 2 N–H and O–H groups in total. The molecule has 1 aliphatic carbocycles. The van der Waals surface area contributed by atoms with Gasteiger partial charge < -0.3 is 15.1 Å². The number of piperazine rings is 1. The minimum absolute atomic E-state index is 0.0881. The summed E-state index contributed by atoms with van der Waals surface area (Å²) in [6, 6.07) is 16.6. The first-order valence-corrected chi connectivity index (χ1v) is 21.2. The number of fused-ring (bicyclic) bond motifs is 3. The van der Waals surface area contributed by atoms with Gasteiger partial charge >= 0.3 is 0 Å². The number of imide groups is 2. The first-order chi connectivity index (χ1) is 29.7. The third-order valence-corrected chi connectivity index (χ3v) is 13.0. The lowest BCUT2D eigenvalue weighted by Gasteiger charge is -2.45. The normalized spacial score (nSPS) is 20.6. The number of nitrogens with one attached hydrogen (secondary N) is 2. The summed E-state index contributed by atoms with van der Waals surface area (Å²) >= 11 is 0. The minimum atomic E-state index is -0.983. The van der Waals surface area contributed by atoms with Crippen molar-refractivity contribution in [2.24, 2.45) is 5.92 Å². The zero-order valence-electron chi connectivity index (χ0n) is 34.0. The van der Waals surface area contributed by atoms with Crippen LogP contribution in [0.15, 0.2) is 78.2 Å². The standard InChI is InChI=1S/C45H47N11O5/c1-3-18-54-42(59)33-23-46-45(50-40(33)56(54)36-16-10-29-9-8-28(4-2)39(29)48-36)47-30-11-13-31(14-12-30)52-21-19-51(20-22-52)24-27-25-53(26-27)34-7-5-6-32-38(34)44(61)55(43(32)60)35-15-17-37(57)49-41(35)58/h3,5-7,10-14,16,23,27-28,35H,1,4,8-9,15,17-22,24-26H2,2H3,(H,46,47,50)(H,49,57,58). The third-order valence-electron chi connectivity index (χ3n) is 13.0. The van der Waals surface area contributed by atoms with Crippen LogP contribution in [0.25, 0.3) is 16.9 Å². The molecule has 10 rings (SSSR count). The number of carbonyl (C=O) groups excluding carboxylic acids is 4. The van der Waals surface area contributed by atoms with Crippen molar-refractivity contribution in [3.8, 4) is 5.82 Å². The molecule has 4 amide bonds. The molecule has 5 aromatic rings. The molecule has 0 bridgehead atoms. The van der Waals surface area contributed by atoms with Crippen LogP contribution in [0.3, 0.4) is 0 Å². The van der Waals surface area contributed by atoms with E-state index in [1.807, 2.05) is 24.3 Å². The molecule has 5 aliphatic rings. The van der Waals surface area contributed by atoms with Crippen LogP contribution in [-0.4, -0.2) is 110 Å². The molecule has 312 valence electrons. The van der Waals surface area contributed by atoms with E-state index in [2.05, 4.69) is 62.0 Å². The summed E-state index contributed by atoms with van der Waals surface area (Å²) in [5.41, 5.74) is 6.00. The number of allylic oxidation sites excluding steroid dienone is 1. The number of aromatic nitrogens is 5. The molecule has 3 aromatic heterocycles. The highest BCUT2D eigenvalue weighted by molar-refractivity contribution is 6.25. The number of anilines is 4. The van der Waals surface area contributed by atoms with Gasteiger partial charge in [0.15, 0.2) is 11.5 Å². The minimum Gasteiger partial charge on any atom is -0.370 e. The van der Waals surface area contributed by atoms with Crippen LogP contribution in [-0.2, 0) is 22.6 Å². The molecule has 2 atom stereocenters. The molecular formula is C45H47N11O5. The van der Waals surface area contributed by atoms with Gasteiger partial charge in [-0.3, -0.25) is 39.1 Å². The van der Waals surface area contributed by atoms with E-state index in [1.165, 1.54) is 5.56 Å². The van der Waals surface area contributed by atoms with Crippen molar-refractivity contribution in [1.29, 1.82) is 0 Å². The SMILES string of the molecule is C=CCn1c(=O)c2cnc(Nc3ccc(N4CCN(CC5CN(c6cccc7c6C(=O)N(C6CCC(=O)NC6=O)C7=O)C5)CC4)cc3)nc2n1-c1ccc2c(n1)C(CC)CC2. The maximum absolute atomic E-state index is 13.6. The van der Waals surface area contributed by atoms with Crippen LogP contribution < -0.4 is 26.0 Å². The molecule has 16 nitrogen and oxygen atoms in total. The molecule has 0 radical (unpaired) electrons. The number of aryl methyl sites for hydroxylation is 1. The van der Waals surface area contributed by atoms with Crippen LogP contribution in [0.1, 0.15) is 70.5 Å². The summed E-state index contributed by atoms with van der Waals surface area (Å²) in [4.78, 5) is 87.1. The molecular weight excluding hydrogens is 775 g/mol. The van der Waals surface area contributed by atoms with Gasteiger partial charge in [-0.15, -0.1) is 6.58 Å². The molecule has 2 unspecified atom stereocenters. The van der Waals surface area contributed by atoms with E-state index in [9.17, 15) is 24.0 Å².